The van der Waals surface area contributed by atoms with Crippen molar-refractivity contribution in [3.63, 3.8) is 0 Å². The molecular weight excluding hydrogens is 294 g/mol. The van der Waals surface area contributed by atoms with Crippen molar-refractivity contribution in [1.29, 1.82) is 0 Å². The summed E-state index contributed by atoms with van der Waals surface area (Å²) < 4.78 is 13.4. The van der Waals surface area contributed by atoms with Gasteiger partial charge < -0.3 is 15.2 Å². The van der Waals surface area contributed by atoms with Gasteiger partial charge in [-0.25, -0.2) is 14.6 Å². The third-order valence-electron chi connectivity index (χ3n) is 3.88. The Morgan fingerprint density at radius 1 is 1.17 bits per heavy atom. The highest BCUT2D eigenvalue weighted by Gasteiger charge is 2.21. The molecule has 1 atom stereocenters. The van der Waals surface area contributed by atoms with Gasteiger partial charge in [-0.3, -0.25) is 0 Å². The van der Waals surface area contributed by atoms with E-state index in [1.165, 1.54) is 6.33 Å². The molecule has 2 aromatic heterocycles. The molecule has 0 amide bonds. The van der Waals surface area contributed by atoms with E-state index >= 15 is 0 Å². The quantitative estimate of drug-likeness (QED) is 0.748. The first-order valence-electron chi connectivity index (χ1n) is 7.64. The van der Waals surface area contributed by atoms with Crippen molar-refractivity contribution < 1.29 is 9.47 Å². The van der Waals surface area contributed by atoms with Crippen molar-refractivity contribution in [3.05, 3.63) is 36.8 Å². The van der Waals surface area contributed by atoms with Gasteiger partial charge in [0.1, 0.15) is 17.5 Å². The molecule has 0 radical (unpaired) electrons. The fraction of sp³-hybridized carbons (Fsp3) is 0.312. The molecular formula is C16H17N5O2. The normalized spacial score (nSPS) is 18.2. The van der Waals surface area contributed by atoms with Crippen LogP contribution in [0.5, 0.6) is 11.6 Å². The molecule has 1 fully saturated rings. The fourth-order valence-electron chi connectivity index (χ4n) is 2.70. The summed E-state index contributed by atoms with van der Waals surface area (Å²) in [6, 6.07) is 7.18. The van der Waals surface area contributed by atoms with Gasteiger partial charge in [-0.1, -0.05) is 0 Å². The van der Waals surface area contributed by atoms with Crippen LogP contribution in [0.4, 0.5) is 5.69 Å². The molecule has 7 nitrogen and oxygen atoms in total. The predicted octanol–water partition coefficient (Wildman–Crippen LogP) is 2.90. The average Bonchev–Trinajstić information content (AvgIpc) is 3.03. The highest BCUT2D eigenvalue weighted by Crippen LogP contribution is 2.30. The van der Waals surface area contributed by atoms with Crippen LogP contribution in [-0.2, 0) is 4.74 Å². The number of ether oxygens (including phenoxy) is 2. The van der Waals surface area contributed by atoms with Gasteiger partial charge in [0.2, 0.25) is 5.88 Å². The molecule has 0 aliphatic carbocycles. The summed E-state index contributed by atoms with van der Waals surface area (Å²) >= 11 is 0. The number of rotatable bonds is 3. The molecule has 0 saturated carbocycles. The molecule has 1 saturated heterocycles. The number of anilines is 1. The second-order valence-electron chi connectivity index (χ2n) is 5.50. The minimum Gasteiger partial charge on any atom is -0.438 e. The van der Waals surface area contributed by atoms with Gasteiger partial charge in [-0.2, -0.15) is 5.10 Å². The number of nitrogens with two attached hydrogens (primary N) is 1. The SMILES string of the molecule is Nc1ccc(Oc2ncnc3c2cnn3[C@H]2CCCCO2)cc1. The first kappa shape index (κ1) is 14.0. The van der Waals surface area contributed by atoms with Crippen LogP contribution in [0, 0.1) is 0 Å². The minimum atomic E-state index is -0.0690. The van der Waals surface area contributed by atoms with Crippen LogP contribution in [0.15, 0.2) is 36.8 Å². The second kappa shape index (κ2) is 5.85. The van der Waals surface area contributed by atoms with Crippen LogP contribution in [-0.4, -0.2) is 26.4 Å². The molecule has 1 aromatic carbocycles. The van der Waals surface area contributed by atoms with Gasteiger partial charge in [-0.15, -0.1) is 0 Å². The average molecular weight is 311 g/mol. The van der Waals surface area contributed by atoms with Crippen molar-refractivity contribution in [1.82, 2.24) is 19.7 Å². The van der Waals surface area contributed by atoms with Crippen molar-refractivity contribution >= 4 is 16.7 Å². The third kappa shape index (κ3) is 2.70. The molecule has 2 N–H and O–H groups in total. The zero-order chi connectivity index (χ0) is 15.6. The zero-order valence-corrected chi connectivity index (χ0v) is 12.6. The first-order chi connectivity index (χ1) is 11.3. The largest absolute Gasteiger partial charge is 0.438 e. The lowest BCUT2D eigenvalue weighted by Crippen LogP contribution is -2.19. The molecule has 118 valence electrons. The molecule has 7 heteroatoms. The van der Waals surface area contributed by atoms with Crippen molar-refractivity contribution in [3.8, 4) is 11.6 Å². The van der Waals surface area contributed by atoms with E-state index in [0.29, 0.717) is 17.3 Å². The molecule has 3 heterocycles. The van der Waals surface area contributed by atoms with Gasteiger partial charge in [0, 0.05) is 12.3 Å². The maximum Gasteiger partial charge on any atom is 0.233 e. The predicted molar refractivity (Wildman–Crippen MR) is 85.1 cm³/mol. The monoisotopic (exact) mass is 311 g/mol. The van der Waals surface area contributed by atoms with Gasteiger partial charge in [0.05, 0.1) is 6.20 Å². The number of hydrogen-bond acceptors (Lipinski definition) is 6. The van der Waals surface area contributed by atoms with Crippen LogP contribution >= 0.6 is 0 Å². The molecule has 23 heavy (non-hydrogen) atoms. The Hall–Kier alpha value is -2.67. The second-order valence-corrected chi connectivity index (χ2v) is 5.50. The molecule has 1 aliphatic rings. The van der Waals surface area contributed by atoms with Crippen molar-refractivity contribution in [2.24, 2.45) is 0 Å². The van der Waals surface area contributed by atoms with E-state index in [-0.39, 0.29) is 6.23 Å². The number of nitrogen functional groups attached to an aromatic ring is 1. The Morgan fingerprint density at radius 3 is 2.83 bits per heavy atom. The van der Waals surface area contributed by atoms with Crippen LogP contribution < -0.4 is 10.5 Å². The standard InChI is InChI=1S/C16H17N5O2/c17-11-4-6-12(7-5-11)23-16-13-9-20-21(15(13)18-10-19-16)14-3-1-2-8-22-14/h4-7,9-10,14H,1-3,8,17H2/t14-/m1/s1. The van der Waals surface area contributed by atoms with E-state index in [2.05, 4.69) is 15.1 Å². The molecule has 4 rings (SSSR count). The fourth-order valence-corrected chi connectivity index (χ4v) is 2.70. The van der Waals surface area contributed by atoms with Gasteiger partial charge in [0.15, 0.2) is 11.9 Å². The Bertz CT molecular complexity index is 809. The lowest BCUT2D eigenvalue weighted by atomic mass is 10.2. The minimum absolute atomic E-state index is 0.0690. The van der Waals surface area contributed by atoms with Crippen molar-refractivity contribution in [2.45, 2.75) is 25.5 Å². The molecule has 3 aromatic rings. The number of nitrogens with zero attached hydrogens (tertiary/aromatic N) is 4. The van der Waals surface area contributed by atoms with E-state index in [1.807, 2.05) is 4.68 Å². The summed E-state index contributed by atoms with van der Waals surface area (Å²) in [5.74, 6) is 1.14. The molecule has 0 bridgehead atoms. The lowest BCUT2D eigenvalue weighted by molar-refractivity contribution is -0.0370. The topological polar surface area (TPSA) is 88.1 Å². The summed E-state index contributed by atoms with van der Waals surface area (Å²) in [7, 11) is 0. The van der Waals surface area contributed by atoms with E-state index in [9.17, 15) is 0 Å². The Labute approximate surface area is 133 Å². The Kier molecular flexibility index (Phi) is 3.55. The van der Waals surface area contributed by atoms with E-state index < -0.39 is 0 Å². The first-order valence-corrected chi connectivity index (χ1v) is 7.64. The number of benzene rings is 1. The highest BCUT2D eigenvalue weighted by molar-refractivity contribution is 5.80. The van der Waals surface area contributed by atoms with Crippen LogP contribution in [0.25, 0.3) is 11.0 Å². The third-order valence-corrected chi connectivity index (χ3v) is 3.88. The van der Waals surface area contributed by atoms with Crippen LogP contribution in [0.2, 0.25) is 0 Å². The van der Waals surface area contributed by atoms with E-state index in [1.54, 1.807) is 30.5 Å². The number of fused-ring (bicyclic) bond motifs is 1. The van der Waals surface area contributed by atoms with Crippen LogP contribution in [0.3, 0.4) is 0 Å². The molecule has 0 unspecified atom stereocenters. The maximum atomic E-state index is 5.85. The van der Waals surface area contributed by atoms with Gasteiger partial charge in [0.25, 0.3) is 0 Å². The summed E-state index contributed by atoms with van der Waals surface area (Å²) in [6.07, 6.45) is 6.30. The summed E-state index contributed by atoms with van der Waals surface area (Å²) in [5.41, 5.74) is 7.10. The Balaban J connectivity index is 1.68. The summed E-state index contributed by atoms with van der Waals surface area (Å²) in [4.78, 5) is 8.57. The number of hydrogen-bond donors (Lipinski definition) is 1. The Morgan fingerprint density at radius 2 is 2.04 bits per heavy atom. The van der Waals surface area contributed by atoms with Crippen LogP contribution in [0.1, 0.15) is 25.5 Å². The smallest absolute Gasteiger partial charge is 0.233 e. The summed E-state index contributed by atoms with van der Waals surface area (Å²) in [5, 5.41) is 5.19. The molecule has 1 aliphatic heterocycles. The lowest BCUT2D eigenvalue weighted by Gasteiger charge is -2.22. The van der Waals surface area contributed by atoms with E-state index in [4.69, 9.17) is 15.2 Å². The molecule has 0 spiro atoms. The summed E-state index contributed by atoms with van der Waals surface area (Å²) in [6.45, 7) is 0.756. The van der Waals surface area contributed by atoms with Crippen molar-refractivity contribution in [2.75, 3.05) is 12.3 Å². The zero-order valence-electron chi connectivity index (χ0n) is 12.6. The van der Waals surface area contributed by atoms with E-state index in [0.717, 1.165) is 36.9 Å². The van der Waals surface area contributed by atoms with Gasteiger partial charge in [-0.05, 0) is 43.5 Å². The highest BCUT2D eigenvalue weighted by atomic mass is 16.5. The maximum absolute atomic E-state index is 5.85. The number of aromatic nitrogens is 4. The van der Waals surface area contributed by atoms with Gasteiger partial charge >= 0.3 is 0 Å².